The van der Waals surface area contributed by atoms with Gasteiger partial charge in [-0.25, -0.2) is 9.37 Å². The van der Waals surface area contributed by atoms with Gasteiger partial charge in [0.2, 0.25) is 0 Å². The summed E-state index contributed by atoms with van der Waals surface area (Å²) in [6.45, 7) is -0.311. The van der Waals surface area contributed by atoms with Gasteiger partial charge in [-0.05, 0) is 18.2 Å². The minimum atomic E-state index is -4.61. The van der Waals surface area contributed by atoms with Crippen LogP contribution in [0, 0.1) is 5.82 Å². The smallest absolute Gasteiger partial charge is 0.326 e. The Hall–Kier alpha value is -1.18. The molecule has 1 heterocycles. The first-order valence-corrected chi connectivity index (χ1v) is 6.24. The first kappa shape index (κ1) is 14.2. The average Bonchev–Trinajstić information content (AvgIpc) is 2.76. The maximum Gasteiger partial charge on any atom is 0.434 e. The number of hydrogen-bond donors (Lipinski definition) is 1. The van der Waals surface area contributed by atoms with Crippen molar-refractivity contribution in [1.29, 1.82) is 0 Å². The molecule has 0 fully saturated rings. The number of aromatic nitrogens is 1. The Labute approximate surface area is 114 Å². The van der Waals surface area contributed by atoms with Crippen molar-refractivity contribution < 1.29 is 17.6 Å². The van der Waals surface area contributed by atoms with Crippen LogP contribution in [0.3, 0.4) is 0 Å². The predicted molar refractivity (Wildman–Crippen MR) is 65.4 cm³/mol. The molecule has 0 amide bonds. The highest BCUT2D eigenvalue weighted by Crippen LogP contribution is 2.38. The van der Waals surface area contributed by atoms with Crippen LogP contribution in [0.5, 0.6) is 0 Å². The molecule has 2 rings (SSSR count). The van der Waals surface area contributed by atoms with Gasteiger partial charge in [0.25, 0.3) is 0 Å². The third-order valence-electron chi connectivity index (χ3n) is 2.31. The van der Waals surface area contributed by atoms with Crippen LogP contribution >= 0.6 is 22.9 Å². The molecule has 0 aliphatic heterocycles. The van der Waals surface area contributed by atoms with Gasteiger partial charge in [-0.15, -0.1) is 11.3 Å². The van der Waals surface area contributed by atoms with Crippen molar-refractivity contribution in [3.05, 3.63) is 39.6 Å². The van der Waals surface area contributed by atoms with E-state index < -0.39 is 17.7 Å². The maximum atomic E-state index is 13.6. The number of alkyl halides is 3. The molecule has 0 aliphatic carbocycles. The van der Waals surface area contributed by atoms with Crippen LogP contribution in [-0.4, -0.2) is 4.98 Å². The van der Waals surface area contributed by atoms with E-state index in [9.17, 15) is 17.6 Å². The lowest BCUT2D eigenvalue weighted by Gasteiger charge is -2.03. The number of thiazole rings is 1. The van der Waals surface area contributed by atoms with Gasteiger partial charge in [0, 0.05) is 17.1 Å². The Morgan fingerprint density at radius 3 is 2.53 bits per heavy atom. The highest BCUT2D eigenvalue weighted by atomic mass is 35.5. The molecular weight excluding hydrogens is 304 g/mol. The molecule has 0 unspecified atom stereocenters. The molecule has 0 saturated heterocycles. The molecular formula is C11H7ClF4N2S. The van der Waals surface area contributed by atoms with Gasteiger partial charge in [0.05, 0.1) is 4.88 Å². The molecule has 0 saturated carbocycles. The summed E-state index contributed by atoms with van der Waals surface area (Å²) in [5.74, 6) is -0.685. The monoisotopic (exact) mass is 310 g/mol. The van der Waals surface area contributed by atoms with E-state index in [1.807, 2.05) is 0 Å². The summed E-state index contributed by atoms with van der Waals surface area (Å²) >= 11 is 6.41. The first-order chi connectivity index (χ1) is 8.82. The topological polar surface area (TPSA) is 38.9 Å². The number of hydrogen-bond acceptors (Lipinski definition) is 3. The number of benzene rings is 1. The van der Waals surface area contributed by atoms with E-state index in [2.05, 4.69) is 4.98 Å². The van der Waals surface area contributed by atoms with Gasteiger partial charge in [0.1, 0.15) is 10.8 Å². The van der Waals surface area contributed by atoms with E-state index in [1.54, 1.807) is 0 Å². The molecule has 2 nitrogen and oxygen atoms in total. The second-order valence-corrected chi connectivity index (χ2v) is 5.14. The summed E-state index contributed by atoms with van der Waals surface area (Å²) in [6.07, 6.45) is -4.61. The molecule has 2 N–H and O–H groups in total. The Kier molecular flexibility index (Phi) is 3.80. The molecule has 2 aromatic rings. The zero-order valence-corrected chi connectivity index (χ0v) is 10.8. The van der Waals surface area contributed by atoms with Crippen molar-refractivity contribution in [2.75, 3.05) is 0 Å². The van der Waals surface area contributed by atoms with Gasteiger partial charge in [-0.3, -0.25) is 0 Å². The predicted octanol–water partition coefficient (Wildman–Crippen LogP) is 4.08. The quantitative estimate of drug-likeness (QED) is 0.849. The van der Waals surface area contributed by atoms with Crippen LogP contribution < -0.4 is 5.73 Å². The van der Waals surface area contributed by atoms with Crippen molar-refractivity contribution >= 4 is 22.9 Å². The lowest BCUT2D eigenvalue weighted by atomic mass is 10.2. The Balaban J connectivity index is 2.58. The van der Waals surface area contributed by atoms with E-state index >= 15 is 0 Å². The van der Waals surface area contributed by atoms with Gasteiger partial charge < -0.3 is 5.73 Å². The zero-order chi connectivity index (χ0) is 14.2. The van der Waals surface area contributed by atoms with Crippen LogP contribution in [0.1, 0.15) is 10.6 Å². The summed E-state index contributed by atoms with van der Waals surface area (Å²) < 4.78 is 51.7. The minimum absolute atomic E-state index is 0.0669. The third-order valence-corrected chi connectivity index (χ3v) is 3.66. The molecule has 1 aromatic heterocycles. The van der Waals surface area contributed by atoms with Gasteiger partial charge in [-0.1, -0.05) is 11.6 Å². The second kappa shape index (κ2) is 5.07. The SMILES string of the molecule is NCc1sc(-c2cc(Cl)ccc2F)nc1C(F)(F)F. The molecule has 0 bridgehead atoms. The molecule has 0 radical (unpaired) electrons. The number of nitrogens with two attached hydrogens (primary N) is 1. The van der Waals surface area contributed by atoms with Gasteiger partial charge in [0.15, 0.2) is 5.69 Å². The fourth-order valence-corrected chi connectivity index (χ4v) is 2.64. The lowest BCUT2D eigenvalue weighted by Crippen LogP contribution is -2.10. The summed E-state index contributed by atoms with van der Waals surface area (Å²) in [6, 6.07) is 3.62. The largest absolute Gasteiger partial charge is 0.434 e. The lowest BCUT2D eigenvalue weighted by molar-refractivity contribution is -0.141. The molecule has 0 spiro atoms. The van der Waals surface area contributed by atoms with Crippen molar-refractivity contribution in [2.24, 2.45) is 5.73 Å². The normalized spacial score (nSPS) is 11.9. The zero-order valence-electron chi connectivity index (χ0n) is 9.26. The summed E-state index contributed by atoms with van der Waals surface area (Å²) in [7, 11) is 0. The highest BCUT2D eigenvalue weighted by molar-refractivity contribution is 7.15. The van der Waals surface area contributed by atoms with E-state index in [-0.39, 0.29) is 27.0 Å². The summed E-state index contributed by atoms with van der Waals surface area (Å²) in [5, 5.41) is 0.127. The summed E-state index contributed by atoms with van der Waals surface area (Å²) in [5.41, 5.74) is 4.12. The van der Waals surface area contributed by atoms with E-state index in [4.69, 9.17) is 17.3 Å². The van der Waals surface area contributed by atoms with Crippen LogP contribution in [0.2, 0.25) is 5.02 Å². The number of rotatable bonds is 2. The third kappa shape index (κ3) is 2.88. The maximum absolute atomic E-state index is 13.6. The Morgan fingerprint density at radius 2 is 2.00 bits per heavy atom. The van der Waals surface area contributed by atoms with Crippen LogP contribution in [-0.2, 0) is 12.7 Å². The molecule has 102 valence electrons. The number of nitrogens with zero attached hydrogens (tertiary/aromatic N) is 1. The Morgan fingerprint density at radius 1 is 1.32 bits per heavy atom. The standard InChI is InChI=1S/C11H7ClF4N2S/c12-5-1-2-7(13)6(3-5)10-18-9(11(14,15)16)8(4-17)19-10/h1-3H,4,17H2. The van der Waals surface area contributed by atoms with Crippen molar-refractivity contribution in [1.82, 2.24) is 4.98 Å². The van der Waals surface area contributed by atoms with E-state index in [1.165, 1.54) is 12.1 Å². The average molecular weight is 311 g/mol. The molecule has 0 atom stereocenters. The molecule has 19 heavy (non-hydrogen) atoms. The van der Waals surface area contributed by atoms with Crippen LogP contribution in [0.15, 0.2) is 18.2 Å². The van der Waals surface area contributed by atoms with Crippen molar-refractivity contribution in [2.45, 2.75) is 12.7 Å². The van der Waals surface area contributed by atoms with Crippen molar-refractivity contribution in [3.63, 3.8) is 0 Å². The fourth-order valence-electron chi connectivity index (χ4n) is 1.49. The number of halogens is 5. The minimum Gasteiger partial charge on any atom is -0.326 e. The highest BCUT2D eigenvalue weighted by Gasteiger charge is 2.37. The van der Waals surface area contributed by atoms with E-state index in [0.717, 1.165) is 6.07 Å². The van der Waals surface area contributed by atoms with Gasteiger partial charge in [-0.2, -0.15) is 13.2 Å². The second-order valence-electron chi connectivity index (χ2n) is 3.62. The van der Waals surface area contributed by atoms with Crippen LogP contribution in [0.4, 0.5) is 17.6 Å². The Bertz CT molecular complexity index is 609. The summed E-state index contributed by atoms with van der Waals surface area (Å²) in [4.78, 5) is 3.30. The van der Waals surface area contributed by atoms with Crippen molar-refractivity contribution in [3.8, 4) is 10.6 Å². The molecule has 8 heteroatoms. The molecule has 1 aromatic carbocycles. The molecule has 0 aliphatic rings. The first-order valence-electron chi connectivity index (χ1n) is 5.05. The fraction of sp³-hybridized carbons (Fsp3) is 0.182. The van der Waals surface area contributed by atoms with Gasteiger partial charge >= 0.3 is 6.18 Å². The van der Waals surface area contributed by atoms with E-state index in [0.29, 0.717) is 11.3 Å². The van der Waals surface area contributed by atoms with Crippen LogP contribution in [0.25, 0.3) is 10.6 Å².